The summed E-state index contributed by atoms with van der Waals surface area (Å²) in [5, 5.41) is 9.18. The molecule has 102 valence electrons. The molecule has 0 saturated carbocycles. The molecule has 0 aliphatic heterocycles. The number of ether oxygens (including phenoxy) is 2. The van der Waals surface area contributed by atoms with Crippen molar-refractivity contribution in [3.8, 4) is 11.5 Å². The van der Waals surface area contributed by atoms with Gasteiger partial charge in [-0.15, -0.1) is 0 Å². The van der Waals surface area contributed by atoms with Gasteiger partial charge in [0.1, 0.15) is 11.5 Å². The molecular formula is C13H20BrNO3. The van der Waals surface area contributed by atoms with Crippen LogP contribution in [0, 0.1) is 0 Å². The summed E-state index contributed by atoms with van der Waals surface area (Å²) < 4.78 is 11.5. The highest BCUT2D eigenvalue weighted by molar-refractivity contribution is 9.10. The smallest absolute Gasteiger partial charge is 0.136 e. The molecule has 1 unspecified atom stereocenters. The maximum absolute atomic E-state index is 9.18. The minimum atomic E-state index is 0.104. The van der Waals surface area contributed by atoms with E-state index < -0.39 is 0 Å². The van der Waals surface area contributed by atoms with Crippen LogP contribution in [-0.4, -0.2) is 44.9 Å². The predicted octanol–water partition coefficient (Wildman–Crippen LogP) is 2.45. The molecule has 1 atom stereocenters. The van der Waals surface area contributed by atoms with Crippen molar-refractivity contribution in [1.82, 2.24) is 4.90 Å². The third-order valence-electron chi connectivity index (χ3n) is 2.89. The third kappa shape index (κ3) is 3.37. The lowest BCUT2D eigenvalue weighted by molar-refractivity contribution is 0.207. The van der Waals surface area contributed by atoms with E-state index in [1.165, 1.54) is 0 Å². The number of benzene rings is 1. The molecule has 5 heteroatoms. The lowest BCUT2D eigenvalue weighted by atomic mass is 10.0. The lowest BCUT2D eigenvalue weighted by Gasteiger charge is -2.26. The van der Waals surface area contributed by atoms with E-state index in [0.29, 0.717) is 6.42 Å². The average molecular weight is 318 g/mol. The third-order valence-corrected chi connectivity index (χ3v) is 3.51. The van der Waals surface area contributed by atoms with E-state index in [9.17, 15) is 5.11 Å². The quantitative estimate of drug-likeness (QED) is 0.875. The zero-order valence-electron chi connectivity index (χ0n) is 11.2. The molecule has 0 spiro atoms. The number of rotatable bonds is 6. The van der Waals surface area contributed by atoms with Gasteiger partial charge < -0.3 is 19.5 Å². The molecule has 0 aromatic heterocycles. The van der Waals surface area contributed by atoms with Crippen LogP contribution in [-0.2, 0) is 0 Å². The average Bonchev–Trinajstić information content (AvgIpc) is 2.35. The maximum atomic E-state index is 9.18. The van der Waals surface area contributed by atoms with Crippen LogP contribution in [0.15, 0.2) is 16.6 Å². The Balaban J connectivity index is 3.23. The van der Waals surface area contributed by atoms with E-state index in [-0.39, 0.29) is 12.6 Å². The maximum Gasteiger partial charge on any atom is 0.136 e. The number of nitrogens with zero attached hydrogens (tertiary/aromatic N) is 1. The minimum Gasteiger partial charge on any atom is -0.496 e. The van der Waals surface area contributed by atoms with Gasteiger partial charge in [0, 0.05) is 24.3 Å². The van der Waals surface area contributed by atoms with Crippen molar-refractivity contribution >= 4 is 15.9 Å². The zero-order valence-corrected chi connectivity index (χ0v) is 12.8. The predicted molar refractivity (Wildman–Crippen MR) is 75.4 cm³/mol. The fourth-order valence-electron chi connectivity index (χ4n) is 1.96. The van der Waals surface area contributed by atoms with Gasteiger partial charge in [-0.1, -0.05) is 0 Å². The first-order valence-corrected chi connectivity index (χ1v) is 6.53. The number of hydrogen-bond donors (Lipinski definition) is 1. The fraction of sp³-hybridized carbons (Fsp3) is 0.538. The number of aliphatic hydroxyl groups excluding tert-OH is 1. The summed E-state index contributed by atoms with van der Waals surface area (Å²) in [6.45, 7) is 0.135. The Morgan fingerprint density at radius 1 is 1.22 bits per heavy atom. The molecule has 1 aromatic carbocycles. The van der Waals surface area contributed by atoms with Crippen LogP contribution in [0.2, 0.25) is 0 Å². The summed E-state index contributed by atoms with van der Waals surface area (Å²) >= 11 is 3.48. The Morgan fingerprint density at radius 3 is 2.28 bits per heavy atom. The van der Waals surface area contributed by atoms with Crippen molar-refractivity contribution in [2.45, 2.75) is 12.5 Å². The van der Waals surface area contributed by atoms with Crippen LogP contribution >= 0.6 is 15.9 Å². The highest BCUT2D eigenvalue weighted by Gasteiger charge is 2.20. The number of aliphatic hydroxyl groups is 1. The topological polar surface area (TPSA) is 41.9 Å². The van der Waals surface area contributed by atoms with Crippen molar-refractivity contribution in [3.05, 3.63) is 22.2 Å². The van der Waals surface area contributed by atoms with Crippen LogP contribution < -0.4 is 9.47 Å². The monoisotopic (exact) mass is 317 g/mol. The normalized spacial score (nSPS) is 12.6. The van der Waals surface area contributed by atoms with E-state index in [4.69, 9.17) is 9.47 Å². The standard InChI is InChI=1S/C13H20BrNO3/c1-15(2)11(5-6-16)9-7-10(14)13(18-4)8-12(9)17-3/h7-8,11,16H,5-6H2,1-4H3. The van der Waals surface area contributed by atoms with E-state index in [1.54, 1.807) is 14.2 Å². The van der Waals surface area contributed by atoms with E-state index in [0.717, 1.165) is 21.5 Å². The number of hydrogen-bond acceptors (Lipinski definition) is 4. The van der Waals surface area contributed by atoms with Gasteiger partial charge in [-0.3, -0.25) is 0 Å². The molecule has 1 rings (SSSR count). The first-order valence-electron chi connectivity index (χ1n) is 5.73. The van der Waals surface area contributed by atoms with Crippen LogP contribution in [0.3, 0.4) is 0 Å². The SMILES string of the molecule is COc1cc(OC)c(C(CCO)N(C)C)cc1Br. The van der Waals surface area contributed by atoms with Gasteiger partial charge in [0.15, 0.2) is 0 Å². The molecule has 0 saturated heterocycles. The largest absolute Gasteiger partial charge is 0.496 e. The Morgan fingerprint density at radius 2 is 1.83 bits per heavy atom. The summed E-state index contributed by atoms with van der Waals surface area (Å²) in [5.74, 6) is 1.50. The van der Waals surface area contributed by atoms with Crippen molar-refractivity contribution < 1.29 is 14.6 Å². The van der Waals surface area contributed by atoms with Gasteiger partial charge in [0.2, 0.25) is 0 Å². The Bertz CT molecular complexity index is 396. The second kappa shape index (κ2) is 6.97. The minimum absolute atomic E-state index is 0.104. The molecular weight excluding hydrogens is 298 g/mol. The zero-order chi connectivity index (χ0) is 13.7. The second-order valence-corrected chi connectivity index (χ2v) is 5.07. The summed E-state index contributed by atoms with van der Waals surface area (Å²) in [7, 11) is 7.23. The summed E-state index contributed by atoms with van der Waals surface area (Å²) in [6, 6.07) is 3.94. The van der Waals surface area contributed by atoms with Gasteiger partial charge >= 0.3 is 0 Å². The van der Waals surface area contributed by atoms with Crippen molar-refractivity contribution in [3.63, 3.8) is 0 Å². The summed E-state index contributed by atoms with van der Waals surface area (Å²) in [6.07, 6.45) is 0.655. The number of halogens is 1. The van der Waals surface area contributed by atoms with Gasteiger partial charge in [0.05, 0.1) is 18.7 Å². The van der Waals surface area contributed by atoms with Crippen LogP contribution in [0.4, 0.5) is 0 Å². The summed E-state index contributed by atoms with van der Waals surface area (Å²) in [5.41, 5.74) is 1.03. The molecule has 0 radical (unpaired) electrons. The van der Waals surface area contributed by atoms with E-state index >= 15 is 0 Å². The van der Waals surface area contributed by atoms with Crippen LogP contribution in [0.1, 0.15) is 18.0 Å². The molecule has 1 N–H and O–H groups in total. The fourth-order valence-corrected chi connectivity index (χ4v) is 2.48. The molecule has 0 bridgehead atoms. The van der Waals surface area contributed by atoms with Gasteiger partial charge in [-0.2, -0.15) is 0 Å². The summed E-state index contributed by atoms with van der Waals surface area (Å²) in [4.78, 5) is 2.06. The van der Waals surface area contributed by atoms with Crippen molar-refractivity contribution in [2.24, 2.45) is 0 Å². The van der Waals surface area contributed by atoms with Crippen LogP contribution in [0.25, 0.3) is 0 Å². The molecule has 0 aliphatic carbocycles. The Labute approximate surface area is 117 Å². The second-order valence-electron chi connectivity index (χ2n) is 4.22. The van der Waals surface area contributed by atoms with Gasteiger partial charge in [-0.25, -0.2) is 0 Å². The molecule has 0 aliphatic rings. The molecule has 4 nitrogen and oxygen atoms in total. The molecule has 0 fully saturated rings. The lowest BCUT2D eigenvalue weighted by Crippen LogP contribution is -2.21. The molecule has 18 heavy (non-hydrogen) atoms. The first-order chi connectivity index (χ1) is 8.54. The van der Waals surface area contributed by atoms with E-state index in [1.807, 2.05) is 26.2 Å². The highest BCUT2D eigenvalue weighted by Crippen LogP contribution is 2.38. The number of methoxy groups -OCH3 is 2. The van der Waals surface area contributed by atoms with Gasteiger partial charge in [-0.05, 0) is 42.5 Å². The molecule has 0 heterocycles. The van der Waals surface area contributed by atoms with E-state index in [2.05, 4.69) is 20.8 Å². The Hall–Kier alpha value is -0.780. The molecule has 0 amide bonds. The van der Waals surface area contributed by atoms with Crippen molar-refractivity contribution in [2.75, 3.05) is 34.9 Å². The Kier molecular flexibility index (Phi) is 5.91. The van der Waals surface area contributed by atoms with Crippen LogP contribution in [0.5, 0.6) is 11.5 Å². The van der Waals surface area contributed by atoms with Gasteiger partial charge in [0.25, 0.3) is 0 Å². The highest BCUT2D eigenvalue weighted by atomic mass is 79.9. The first kappa shape index (κ1) is 15.3. The van der Waals surface area contributed by atoms with Crippen molar-refractivity contribution in [1.29, 1.82) is 0 Å². The molecule has 1 aromatic rings.